The fourth-order valence-electron chi connectivity index (χ4n) is 3.78. The van der Waals surface area contributed by atoms with Gasteiger partial charge in [-0.2, -0.15) is 0 Å². The van der Waals surface area contributed by atoms with E-state index in [1.165, 1.54) is 0 Å². The minimum Gasteiger partial charge on any atom is -0.378 e. The molecule has 0 aliphatic carbocycles. The molecule has 0 radical (unpaired) electrons. The Kier molecular flexibility index (Phi) is 5.18. The van der Waals surface area contributed by atoms with E-state index in [9.17, 15) is 9.59 Å². The van der Waals surface area contributed by atoms with Gasteiger partial charge in [0.2, 0.25) is 5.91 Å². The largest absolute Gasteiger partial charge is 0.378 e. The predicted octanol–water partition coefficient (Wildman–Crippen LogP) is 2.01. The molecule has 1 aromatic rings. The van der Waals surface area contributed by atoms with Gasteiger partial charge in [0.05, 0.1) is 6.54 Å². The normalized spacial score (nSPS) is 26.1. The number of nitrogens with one attached hydrogen (secondary N) is 1. The average Bonchev–Trinajstić information content (AvgIpc) is 3.04. The number of nitrogens with zero attached hydrogens (tertiary/aromatic N) is 2. The minimum absolute atomic E-state index is 0.197. The van der Waals surface area contributed by atoms with Crippen LogP contribution in [0.25, 0.3) is 0 Å². The van der Waals surface area contributed by atoms with Crippen molar-refractivity contribution in [2.24, 2.45) is 0 Å². The van der Waals surface area contributed by atoms with Gasteiger partial charge in [-0.15, -0.1) is 0 Å². The highest BCUT2D eigenvalue weighted by atomic mass is 16.8. The van der Waals surface area contributed by atoms with Gasteiger partial charge in [-0.3, -0.25) is 9.59 Å². The maximum absolute atomic E-state index is 13.3. The quantitative estimate of drug-likeness (QED) is 0.856. The van der Waals surface area contributed by atoms with Crippen molar-refractivity contribution in [3.8, 4) is 0 Å². The Hall–Kier alpha value is -2.12. The summed E-state index contributed by atoms with van der Waals surface area (Å²) in [7, 11) is 3.85. The highest BCUT2D eigenvalue weighted by molar-refractivity contribution is 5.99. The van der Waals surface area contributed by atoms with E-state index in [-0.39, 0.29) is 17.9 Å². The van der Waals surface area contributed by atoms with Crippen LogP contribution < -0.4 is 10.2 Å². The summed E-state index contributed by atoms with van der Waals surface area (Å²) in [5.74, 6) is -1.19. The highest BCUT2D eigenvalue weighted by Gasteiger charge is 2.56. The molecule has 28 heavy (non-hydrogen) atoms. The molecule has 3 rings (SSSR count). The molecule has 0 saturated carbocycles. The van der Waals surface area contributed by atoms with Crippen LogP contribution in [-0.2, 0) is 14.3 Å². The Morgan fingerprint density at radius 3 is 2.50 bits per heavy atom. The number of likely N-dealkylation sites (tertiary alicyclic amines) is 1. The summed E-state index contributed by atoms with van der Waals surface area (Å²) >= 11 is 0. The van der Waals surface area contributed by atoms with E-state index in [0.717, 1.165) is 5.69 Å². The second kappa shape index (κ2) is 7.04. The lowest BCUT2D eigenvalue weighted by Crippen LogP contribution is -2.55. The van der Waals surface area contributed by atoms with E-state index in [0.29, 0.717) is 12.1 Å². The summed E-state index contributed by atoms with van der Waals surface area (Å²) < 4.78 is 12.0. The van der Waals surface area contributed by atoms with Crippen LogP contribution in [0.2, 0.25) is 0 Å². The summed E-state index contributed by atoms with van der Waals surface area (Å²) in [6.45, 7) is 9.73. The number of amides is 2. The molecule has 2 saturated heterocycles. The van der Waals surface area contributed by atoms with Crippen LogP contribution in [-0.4, -0.2) is 66.9 Å². The zero-order valence-electron chi connectivity index (χ0n) is 17.8. The number of carbonyl (C=O) groups excluding carboxylic acids is 2. The molecule has 0 aromatic heterocycles. The van der Waals surface area contributed by atoms with Crippen LogP contribution in [0.1, 0.15) is 45.0 Å². The maximum atomic E-state index is 13.3. The van der Waals surface area contributed by atoms with Gasteiger partial charge in [0.1, 0.15) is 18.2 Å². The van der Waals surface area contributed by atoms with E-state index in [1.807, 2.05) is 71.8 Å². The first kappa shape index (κ1) is 20.6. The second-order valence-corrected chi connectivity index (χ2v) is 9.22. The number of anilines is 1. The Bertz CT molecular complexity index is 769. The molecule has 7 nitrogen and oxygen atoms in total. The number of carbonyl (C=O) groups is 2. The van der Waals surface area contributed by atoms with E-state index in [4.69, 9.17) is 9.47 Å². The summed E-state index contributed by atoms with van der Waals surface area (Å²) in [6, 6.07) is 6.66. The lowest BCUT2D eigenvalue weighted by molar-refractivity contribution is -0.162. The van der Waals surface area contributed by atoms with Gasteiger partial charge in [0.25, 0.3) is 5.91 Å². The first-order valence-corrected chi connectivity index (χ1v) is 9.64. The smallest absolute Gasteiger partial charge is 0.254 e. The van der Waals surface area contributed by atoms with Gasteiger partial charge in [-0.05, 0) is 52.8 Å². The first-order chi connectivity index (χ1) is 12.9. The number of fused-ring (bicyclic) bond motifs is 1. The lowest BCUT2D eigenvalue weighted by atomic mass is 10.0. The monoisotopic (exact) mass is 389 g/mol. The molecule has 2 aliphatic heterocycles. The van der Waals surface area contributed by atoms with Crippen molar-refractivity contribution < 1.29 is 19.1 Å². The summed E-state index contributed by atoms with van der Waals surface area (Å²) in [4.78, 5) is 29.9. The van der Waals surface area contributed by atoms with Crippen molar-refractivity contribution in [1.82, 2.24) is 10.2 Å². The number of ether oxygens (including phenoxy) is 2. The van der Waals surface area contributed by atoms with E-state index in [1.54, 1.807) is 11.0 Å². The standard InChI is InChI=1S/C21H31N3O4/c1-20(2,3)22-18(25)16-17-15(27-21(4,5)28-17)12-24(16)19(26)13-9-8-10-14(11-13)23(6)7/h8-11,15-17H,12H2,1-7H3,(H,22,25)/t15-,16-,17-/m0/s1. The van der Waals surface area contributed by atoms with Crippen LogP contribution >= 0.6 is 0 Å². The van der Waals surface area contributed by atoms with Gasteiger partial charge in [0, 0.05) is 30.9 Å². The Labute approximate surface area is 167 Å². The molecule has 2 heterocycles. The van der Waals surface area contributed by atoms with Crippen molar-refractivity contribution in [3.63, 3.8) is 0 Å². The fourth-order valence-corrected chi connectivity index (χ4v) is 3.78. The van der Waals surface area contributed by atoms with Crippen LogP contribution in [0.15, 0.2) is 24.3 Å². The molecule has 7 heteroatoms. The van der Waals surface area contributed by atoms with Crippen LogP contribution in [0.3, 0.4) is 0 Å². The fraction of sp³-hybridized carbons (Fsp3) is 0.619. The Balaban J connectivity index is 1.91. The highest BCUT2D eigenvalue weighted by Crippen LogP contribution is 2.37. The first-order valence-electron chi connectivity index (χ1n) is 9.64. The Morgan fingerprint density at radius 2 is 1.89 bits per heavy atom. The summed E-state index contributed by atoms with van der Waals surface area (Å²) in [6.07, 6.45) is -0.815. The molecule has 2 aliphatic rings. The van der Waals surface area contributed by atoms with E-state index in [2.05, 4.69) is 5.32 Å². The van der Waals surface area contributed by atoms with E-state index < -0.39 is 23.5 Å². The molecule has 2 amide bonds. The van der Waals surface area contributed by atoms with E-state index >= 15 is 0 Å². The van der Waals surface area contributed by atoms with Gasteiger partial charge in [-0.1, -0.05) is 6.07 Å². The topological polar surface area (TPSA) is 71.1 Å². The van der Waals surface area contributed by atoms with Crippen molar-refractivity contribution in [3.05, 3.63) is 29.8 Å². The third kappa shape index (κ3) is 4.15. The molecule has 0 spiro atoms. The third-order valence-corrected chi connectivity index (χ3v) is 4.88. The zero-order valence-corrected chi connectivity index (χ0v) is 17.8. The lowest BCUT2D eigenvalue weighted by Gasteiger charge is -2.31. The van der Waals surface area contributed by atoms with Gasteiger partial charge >= 0.3 is 0 Å². The third-order valence-electron chi connectivity index (χ3n) is 4.88. The molecule has 0 unspecified atom stereocenters. The molecule has 1 N–H and O–H groups in total. The van der Waals surface area contributed by atoms with Crippen molar-refractivity contribution >= 4 is 17.5 Å². The van der Waals surface area contributed by atoms with Gasteiger partial charge < -0.3 is 24.6 Å². The molecular weight excluding hydrogens is 358 g/mol. The number of benzene rings is 1. The SMILES string of the molecule is CN(C)c1cccc(C(=O)N2C[C@@H]3OC(C)(C)O[C@@H]3[C@H]2C(=O)NC(C)(C)C)c1. The molecule has 1 aromatic carbocycles. The van der Waals surface area contributed by atoms with Gasteiger partial charge in [-0.25, -0.2) is 0 Å². The zero-order chi connectivity index (χ0) is 20.9. The van der Waals surface area contributed by atoms with Gasteiger partial charge in [0.15, 0.2) is 5.79 Å². The number of hydrogen-bond acceptors (Lipinski definition) is 5. The van der Waals surface area contributed by atoms with Crippen molar-refractivity contribution in [2.75, 3.05) is 25.5 Å². The molecule has 0 bridgehead atoms. The summed E-state index contributed by atoms with van der Waals surface area (Å²) in [5, 5.41) is 2.99. The molecule has 3 atom stereocenters. The average molecular weight is 389 g/mol. The molecule has 2 fully saturated rings. The van der Waals surface area contributed by atoms with Crippen molar-refractivity contribution in [2.45, 2.75) is 64.2 Å². The van der Waals surface area contributed by atoms with Crippen LogP contribution in [0.4, 0.5) is 5.69 Å². The van der Waals surface area contributed by atoms with Crippen LogP contribution in [0, 0.1) is 0 Å². The van der Waals surface area contributed by atoms with Crippen molar-refractivity contribution in [1.29, 1.82) is 0 Å². The minimum atomic E-state index is -0.768. The second-order valence-electron chi connectivity index (χ2n) is 9.22. The molecule has 154 valence electrons. The van der Waals surface area contributed by atoms with Crippen LogP contribution in [0.5, 0.6) is 0 Å². The maximum Gasteiger partial charge on any atom is 0.254 e. The predicted molar refractivity (Wildman–Crippen MR) is 107 cm³/mol. The number of rotatable bonds is 3. The summed E-state index contributed by atoms with van der Waals surface area (Å²) in [5.41, 5.74) is 1.05. The molecular formula is C21H31N3O4. The number of hydrogen-bond donors (Lipinski definition) is 1. The Morgan fingerprint density at radius 1 is 1.21 bits per heavy atom.